The highest BCUT2D eigenvalue weighted by atomic mass is 19.2. The van der Waals surface area contributed by atoms with Crippen molar-refractivity contribution < 1.29 is 18.0 Å². The standard InChI is InChI=1S/C12H9F3N2O/c13-8-4-7(5-9(14)10(8)15)17-11(18)12(6-16)2-1-3-12/h4-5H,1-3H2,(H,17,18). The van der Waals surface area contributed by atoms with Crippen molar-refractivity contribution >= 4 is 11.6 Å². The minimum absolute atomic E-state index is 0.196. The van der Waals surface area contributed by atoms with Gasteiger partial charge in [-0.15, -0.1) is 0 Å². The fourth-order valence-corrected chi connectivity index (χ4v) is 1.80. The smallest absolute Gasteiger partial charge is 0.244 e. The molecule has 0 heterocycles. The van der Waals surface area contributed by atoms with Crippen LogP contribution in [0.1, 0.15) is 19.3 Å². The maximum absolute atomic E-state index is 12.9. The Morgan fingerprint density at radius 2 is 1.83 bits per heavy atom. The number of hydrogen-bond acceptors (Lipinski definition) is 2. The van der Waals surface area contributed by atoms with Crippen molar-refractivity contribution in [3.63, 3.8) is 0 Å². The average Bonchev–Trinajstić information content (AvgIpc) is 2.25. The topological polar surface area (TPSA) is 52.9 Å². The minimum atomic E-state index is -1.59. The predicted octanol–water partition coefficient (Wildman–Crippen LogP) is 2.74. The van der Waals surface area contributed by atoms with Gasteiger partial charge in [0.25, 0.3) is 0 Å². The molecule has 18 heavy (non-hydrogen) atoms. The number of nitriles is 1. The molecular weight excluding hydrogens is 245 g/mol. The molecule has 0 radical (unpaired) electrons. The summed E-state index contributed by atoms with van der Waals surface area (Å²) in [6.45, 7) is 0. The number of amides is 1. The van der Waals surface area contributed by atoms with E-state index in [0.717, 1.165) is 6.42 Å². The van der Waals surface area contributed by atoms with E-state index in [1.165, 1.54) is 0 Å². The third-order valence-corrected chi connectivity index (χ3v) is 3.10. The van der Waals surface area contributed by atoms with Crippen molar-refractivity contribution in [2.75, 3.05) is 5.32 Å². The zero-order chi connectivity index (χ0) is 13.3. The first-order chi connectivity index (χ1) is 8.48. The number of nitrogens with one attached hydrogen (secondary N) is 1. The largest absolute Gasteiger partial charge is 0.324 e. The average molecular weight is 254 g/mol. The number of nitrogens with zero attached hydrogens (tertiary/aromatic N) is 1. The van der Waals surface area contributed by atoms with Crippen LogP contribution in [0.25, 0.3) is 0 Å². The lowest BCUT2D eigenvalue weighted by atomic mass is 9.69. The van der Waals surface area contributed by atoms with Gasteiger partial charge in [0.1, 0.15) is 5.41 Å². The van der Waals surface area contributed by atoms with Crippen LogP contribution in [0.15, 0.2) is 12.1 Å². The van der Waals surface area contributed by atoms with E-state index in [9.17, 15) is 18.0 Å². The summed E-state index contributed by atoms with van der Waals surface area (Å²) >= 11 is 0. The fourth-order valence-electron chi connectivity index (χ4n) is 1.80. The van der Waals surface area contributed by atoms with Gasteiger partial charge in [0.05, 0.1) is 6.07 Å². The second kappa shape index (κ2) is 4.33. The van der Waals surface area contributed by atoms with Gasteiger partial charge >= 0.3 is 0 Å². The Morgan fingerprint density at radius 1 is 1.28 bits per heavy atom. The van der Waals surface area contributed by atoms with E-state index in [0.29, 0.717) is 25.0 Å². The third kappa shape index (κ3) is 1.92. The van der Waals surface area contributed by atoms with Crippen LogP contribution in [0.3, 0.4) is 0 Å². The molecule has 1 aliphatic rings. The maximum atomic E-state index is 12.9. The molecule has 1 aromatic carbocycles. The molecule has 0 aliphatic heterocycles. The summed E-state index contributed by atoms with van der Waals surface area (Å²) in [5, 5.41) is 11.2. The van der Waals surface area contributed by atoms with E-state index in [1.807, 2.05) is 6.07 Å². The molecule has 0 aromatic heterocycles. The quantitative estimate of drug-likeness (QED) is 0.825. The van der Waals surface area contributed by atoms with Gasteiger partial charge in [0, 0.05) is 17.8 Å². The molecular formula is C12H9F3N2O. The van der Waals surface area contributed by atoms with Gasteiger partial charge in [-0.05, 0) is 19.3 Å². The van der Waals surface area contributed by atoms with Crippen molar-refractivity contribution in [2.45, 2.75) is 19.3 Å². The highest BCUT2D eigenvalue weighted by Crippen LogP contribution is 2.41. The van der Waals surface area contributed by atoms with Crippen LogP contribution < -0.4 is 5.32 Å². The highest BCUT2D eigenvalue weighted by molar-refractivity contribution is 5.97. The highest BCUT2D eigenvalue weighted by Gasteiger charge is 2.44. The van der Waals surface area contributed by atoms with E-state index in [-0.39, 0.29) is 5.69 Å². The van der Waals surface area contributed by atoms with E-state index >= 15 is 0 Å². The van der Waals surface area contributed by atoms with Crippen LogP contribution in [-0.4, -0.2) is 5.91 Å². The van der Waals surface area contributed by atoms with Crippen LogP contribution in [0, 0.1) is 34.2 Å². The van der Waals surface area contributed by atoms with Crippen LogP contribution in [0.2, 0.25) is 0 Å². The van der Waals surface area contributed by atoms with E-state index in [1.54, 1.807) is 0 Å². The number of hydrogen-bond donors (Lipinski definition) is 1. The van der Waals surface area contributed by atoms with E-state index in [2.05, 4.69) is 5.32 Å². The summed E-state index contributed by atoms with van der Waals surface area (Å²) in [4.78, 5) is 11.8. The van der Waals surface area contributed by atoms with Crippen molar-refractivity contribution in [3.8, 4) is 6.07 Å². The Balaban J connectivity index is 2.20. The van der Waals surface area contributed by atoms with Crippen LogP contribution >= 0.6 is 0 Å². The zero-order valence-corrected chi connectivity index (χ0v) is 9.27. The first-order valence-electron chi connectivity index (χ1n) is 5.36. The van der Waals surface area contributed by atoms with E-state index < -0.39 is 28.8 Å². The lowest BCUT2D eigenvalue weighted by Crippen LogP contribution is -2.40. The summed E-state index contributed by atoms with van der Waals surface area (Å²) < 4.78 is 38.6. The SMILES string of the molecule is N#CC1(C(=O)Nc2cc(F)c(F)c(F)c2)CCC1. The Labute approximate surface area is 101 Å². The maximum Gasteiger partial charge on any atom is 0.244 e. The second-order valence-electron chi connectivity index (χ2n) is 4.26. The van der Waals surface area contributed by atoms with Crippen molar-refractivity contribution in [2.24, 2.45) is 5.41 Å². The minimum Gasteiger partial charge on any atom is -0.324 e. The number of anilines is 1. The predicted molar refractivity (Wildman–Crippen MR) is 56.8 cm³/mol. The molecule has 1 aliphatic carbocycles. The fraction of sp³-hybridized carbons (Fsp3) is 0.333. The lowest BCUT2D eigenvalue weighted by molar-refractivity contribution is -0.126. The molecule has 2 rings (SSSR count). The summed E-state index contributed by atoms with van der Waals surface area (Å²) in [5.41, 5.74) is -1.32. The van der Waals surface area contributed by atoms with Gasteiger partial charge in [-0.25, -0.2) is 13.2 Å². The van der Waals surface area contributed by atoms with Gasteiger partial charge in [-0.2, -0.15) is 5.26 Å². The normalized spacial score (nSPS) is 16.6. The molecule has 0 atom stereocenters. The van der Waals surface area contributed by atoms with Gasteiger partial charge in [-0.1, -0.05) is 0 Å². The molecule has 1 fully saturated rings. The number of rotatable bonds is 2. The molecule has 0 spiro atoms. The summed E-state index contributed by atoms with van der Waals surface area (Å²) in [6.07, 6.45) is 1.59. The first kappa shape index (κ1) is 12.4. The summed E-state index contributed by atoms with van der Waals surface area (Å²) in [7, 11) is 0. The Bertz CT molecular complexity index is 524. The zero-order valence-electron chi connectivity index (χ0n) is 9.27. The number of carbonyl (C=O) groups is 1. The van der Waals surface area contributed by atoms with E-state index in [4.69, 9.17) is 5.26 Å². The molecule has 0 unspecified atom stereocenters. The van der Waals surface area contributed by atoms with Crippen LogP contribution in [-0.2, 0) is 4.79 Å². The molecule has 0 bridgehead atoms. The molecule has 1 amide bonds. The van der Waals surface area contributed by atoms with Crippen molar-refractivity contribution in [3.05, 3.63) is 29.6 Å². The van der Waals surface area contributed by atoms with Gasteiger partial charge in [0.2, 0.25) is 5.91 Å². The second-order valence-corrected chi connectivity index (χ2v) is 4.26. The molecule has 94 valence electrons. The summed E-state index contributed by atoms with van der Waals surface area (Å²) in [5.74, 6) is -4.97. The van der Waals surface area contributed by atoms with Gasteiger partial charge in [0.15, 0.2) is 17.5 Å². The number of carbonyl (C=O) groups excluding carboxylic acids is 1. The first-order valence-corrected chi connectivity index (χ1v) is 5.36. The molecule has 1 saturated carbocycles. The van der Waals surface area contributed by atoms with Crippen LogP contribution in [0.4, 0.5) is 18.9 Å². The number of halogens is 3. The lowest BCUT2D eigenvalue weighted by Gasteiger charge is -2.33. The van der Waals surface area contributed by atoms with Gasteiger partial charge < -0.3 is 5.32 Å². The number of benzene rings is 1. The Kier molecular flexibility index (Phi) is 2.99. The Hall–Kier alpha value is -2.03. The van der Waals surface area contributed by atoms with Crippen molar-refractivity contribution in [1.82, 2.24) is 0 Å². The Morgan fingerprint density at radius 3 is 2.22 bits per heavy atom. The molecule has 0 saturated heterocycles. The van der Waals surface area contributed by atoms with Crippen molar-refractivity contribution in [1.29, 1.82) is 5.26 Å². The molecule has 3 nitrogen and oxygen atoms in total. The monoisotopic (exact) mass is 254 g/mol. The molecule has 1 N–H and O–H groups in total. The molecule has 6 heteroatoms. The third-order valence-electron chi connectivity index (χ3n) is 3.10. The van der Waals surface area contributed by atoms with Gasteiger partial charge in [-0.3, -0.25) is 4.79 Å². The van der Waals surface area contributed by atoms with Crippen LogP contribution in [0.5, 0.6) is 0 Å². The summed E-state index contributed by atoms with van der Waals surface area (Å²) in [6, 6.07) is 3.26. The molecule has 1 aromatic rings.